The van der Waals surface area contributed by atoms with Crippen molar-refractivity contribution in [2.75, 3.05) is 7.11 Å². The average molecular weight is 423 g/mol. The number of aryl methyl sites for hydroxylation is 1. The van der Waals surface area contributed by atoms with E-state index in [0.717, 1.165) is 16.3 Å². The molecule has 1 aromatic heterocycles. The van der Waals surface area contributed by atoms with Crippen molar-refractivity contribution in [2.24, 2.45) is 0 Å². The van der Waals surface area contributed by atoms with Gasteiger partial charge in [0.1, 0.15) is 12.4 Å². The smallest absolute Gasteiger partial charge is 0.333 e. The Morgan fingerprint density at radius 2 is 1.87 bits per heavy atom. The van der Waals surface area contributed by atoms with E-state index in [4.69, 9.17) is 9.47 Å². The maximum atomic E-state index is 12.5. The Morgan fingerprint density at radius 3 is 2.57 bits per heavy atom. The molecule has 3 rings (SSSR count). The summed E-state index contributed by atoms with van der Waals surface area (Å²) >= 11 is 1.57. The van der Waals surface area contributed by atoms with Crippen LogP contribution in [0.2, 0.25) is 0 Å². The number of carbonyl (C=O) groups is 2. The highest BCUT2D eigenvalue weighted by Gasteiger charge is 2.22. The molecule has 2 aromatic carbocycles. The van der Waals surface area contributed by atoms with E-state index in [1.807, 2.05) is 42.6 Å². The number of nitrogens with one attached hydrogen (secondary N) is 1. The van der Waals surface area contributed by atoms with Gasteiger partial charge in [-0.1, -0.05) is 48.5 Å². The highest BCUT2D eigenvalue weighted by molar-refractivity contribution is 7.09. The lowest BCUT2D eigenvalue weighted by Gasteiger charge is -2.15. The standard InChI is InChI=1S/C23H22N2O4S/c1-16-24-19(15-30-16)14-29-20-11-7-6-8-17(20)12-13-21(26)25-22(23(27)28-2)18-9-4-3-5-10-18/h3-13,15,22H,14H2,1-2H3,(H,25,26). The minimum absolute atomic E-state index is 0.347. The Labute approximate surface area is 179 Å². The van der Waals surface area contributed by atoms with Gasteiger partial charge in [-0.3, -0.25) is 4.79 Å². The Hall–Kier alpha value is -3.45. The molecule has 0 aliphatic heterocycles. The Kier molecular flexibility index (Phi) is 7.34. The van der Waals surface area contributed by atoms with Crippen molar-refractivity contribution >= 4 is 29.3 Å². The maximum Gasteiger partial charge on any atom is 0.333 e. The second-order valence-electron chi connectivity index (χ2n) is 6.39. The average Bonchev–Trinajstić information content (AvgIpc) is 3.20. The van der Waals surface area contributed by atoms with Crippen molar-refractivity contribution in [3.05, 3.63) is 87.9 Å². The second-order valence-corrected chi connectivity index (χ2v) is 7.46. The molecule has 0 fully saturated rings. The number of methoxy groups -OCH3 is 1. The molecule has 1 amide bonds. The molecule has 6 nitrogen and oxygen atoms in total. The van der Waals surface area contributed by atoms with E-state index < -0.39 is 17.9 Å². The van der Waals surface area contributed by atoms with Gasteiger partial charge in [0, 0.05) is 17.0 Å². The van der Waals surface area contributed by atoms with Gasteiger partial charge in [0.25, 0.3) is 0 Å². The topological polar surface area (TPSA) is 77.5 Å². The number of amides is 1. The van der Waals surface area contributed by atoms with Crippen LogP contribution in [0.3, 0.4) is 0 Å². The summed E-state index contributed by atoms with van der Waals surface area (Å²) in [5.41, 5.74) is 2.25. The third kappa shape index (κ3) is 5.78. The first-order chi connectivity index (χ1) is 14.6. The molecular formula is C23H22N2O4S. The van der Waals surface area contributed by atoms with Gasteiger partial charge in [-0.05, 0) is 24.6 Å². The Balaban J connectivity index is 1.68. The molecule has 0 aliphatic rings. The van der Waals surface area contributed by atoms with Crippen LogP contribution in [0.15, 0.2) is 66.1 Å². The van der Waals surface area contributed by atoms with Gasteiger partial charge in [0.05, 0.1) is 17.8 Å². The largest absolute Gasteiger partial charge is 0.487 e. The van der Waals surface area contributed by atoms with Crippen LogP contribution in [0.5, 0.6) is 5.75 Å². The number of esters is 1. The number of aromatic nitrogens is 1. The van der Waals surface area contributed by atoms with Crippen LogP contribution in [0, 0.1) is 6.92 Å². The molecular weight excluding hydrogens is 400 g/mol. The van der Waals surface area contributed by atoms with Crippen LogP contribution >= 0.6 is 11.3 Å². The van der Waals surface area contributed by atoms with Gasteiger partial charge in [0.15, 0.2) is 6.04 Å². The van der Waals surface area contributed by atoms with E-state index in [9.17, 15) is 9.59 Å². The van der Waals surface area contributed by atoms with E-state index >= 15 is 0 Å². The molecule has 0 spiro atoms. The van der Waals surface area contributed by atoms with Crippen molar-refractivity contribution in [2.45, 2.75) is 19.6 Å². The molecule has 0 aliphatic carbocycles. The zero-order valence-electron chi connectivity index (χ0n) is 16.7. The van der Waals surface area contributed by atoms with E-state index in [2.05, 4.69) is 10.3 Å². The number of nitrogens with zero attached hydrogens (tertiary/aromatic N) is 1. The molecule has 0 saturated carbocycles. The molecule has 30 heavy (non-hydrogen) atoms. The number of thiazole rings is 1. The third-order valence-corrected chi connectivity index (χ3v) is 5.05. The highest BCUT2D eigenvalue weighted by atomic mass is 32.1. The summed E-state index contributed by atoms with van der Waals surface area (Å²) < 4.78 is 10.7. The quantitative estimate of drug-likeness (QED) is 0.437. The zero-order chi connectivity index (χ0) is 21.3. The third-order valence-electron chi connectivity index (χ3n) is 4.23. The first-order valence-electron chi connectivity index (χ1n) is 9.31. The molecule has 154 valence electrons. The number of rotatable bonds is 8. The summed E-state index contributed by atoms with van der Waals surface area (Å²) in [5.74, 6) is -0.316. The fraction of sp³-hybridized carbons (Fsp3) is 0.174. The van der Waals surface area contributed by atoms with Crippen molar-refractivity contribution in [3.63, 3.8) is 0 Å². The summed E-state index contributed by atoms with van der Waals surface area (Å²) in [5, 5.41) is 5.62. The van der Waals surface area contributed by atoms with Gasteiger partial charge in [-0.15, -0.1) is 11.3 Å². The number of hydrogen-bond donors (Lipinski definition) is 1. The van der Waals surface area contributed by atoms with Crippen LogP contribution in [-0.4, -0.2) is 24.0 Å². The van der Waals surface area contributed by atoms with Crippen molar-refractivity contribution < 1.29 is 19.1 Å². The van der Waals surface area contributed by atoms with Gasteiger partial charge in [-0.2, -0.15) is 0 Å². The summed E-state index contributed by atoms with van der Waals surface area (Å²) in [6, 6.07) is 15.5. The molecule has 1 atom stereocenters. The van der Waals surface area contributed by atoms with Crippen LogP contribution < -0.4 is 10.1 Å². The Bertz CT molecular complexity index is 1030. The minimum atomic E-state index is -0.882. The predicted octanol–water partition coefficient (Wildman–Crippen LogP) is 4.07. The first kappa shape index (κ1) is 21.3. The Morgan fingerprint density at radius 1 is 1.13 bits per heavy atom. The summed E-state index contributed by atoms with van der Waals surface area (Å²) in [6.07, 6.45) is 3.02. The number of para-hydroxylation sites is 1. The first-order valence-corrected chi connectivity index (χ1v) is 10.2. The van der Waals surface area contributed by atoms with E-state index in [1.54, 1.807) is 41.7 Å². The highest BCUT2D eigenvalue weighted by Crippen LogP contribution is 2.21. The molecule has 3 aromatic rings. The molecule has 1 N–H and O–H groups in total. The van der Waals surface area contributed by atoms with Crippen LogP contribution in [0.25, 0.3) is 6.08 Å². The van der Waals surface area contributed by atoms with Crippen molar-refractivity contribution in [1.82, 2.24) is 10.3 Å². The molecule has 0 radical (unpaired) electrons. The molecule has 0 saturated heterocycles. The fourth-order valence-corrected chi connectivity index (χ4v) is 3.37. The lowest BCUT2D eigenvalue weighted by molar-refractivity contribution is -0.144. The summed E-state index contributed by atoms with van der Waals surface area (Å²) in [4.78, 5) is 29.0. The molecule has 1 unspecified atom stereocenters. The van der Waals surface area contributed by atoms with Gasteiger partial charge < -0.3 is 14.8 Å². The number of ether oxygens (including phenoxy) is 2. The predicted molar refractivity (Wildman–Crippen MR) is 116 cm³/mol. The minimum Gasteiger partial charge on any atom is -0.487 e. The van der Waals surface area contributed by atoms with E-state index in [0.29, 0.717) is 17.9 Å². The van der Waals surface area contributed by atoms with Crippen LogP contribution in [0.1, 0.15) is 27.9 Å². The lowest BCUT2D eigenvalue weighted by Crippen LogP contribution is -2.33. The molecule has 1 heterocycles. The summed E-state index contributed by atoms with van der Waals surface area (Å²) in [7, 11) is 1.29. The molecule has 7 heteroatoms. The van der Waals surface area contributed by atoms with Crippen LogP contribution in [-0.2, 0) is 20.9 Å². The van der Waals surface area contributed by atoms with Gasteiger partial charge >= 0.3 is 5.97 Å². The van der Waals surface area contributed by atoms with Crippen molar-refractivity contribution in [3.8, 4) is 5.75 Å². The lowest BCUT2D eigenvalue weighted by atomic mass is 10.1. The zero-order valence-corrected chi connectivity index (χ0v) is 17.5. The summed E-state index contributed by atoms with van der Waals surface area (Å²) in [6.45, 7) is 2.29. The van der Waals surface area contributed by atoms with E-state index in [1.165, 1.54) is 13.2 Å². The normalized spacial score (nSPS) is 11.8. The number of hydrogen-bond acceptors (Lipinski definition) is 6. The van der Waals surface area contributed by atoms with Crippen molar-refractivity contribution in [1.29, 1.82) is 0 Å². The fourth-order valence-electron chi connectivity index (χ4n) is 2.77. The number of benzene rings is 2. The van der Waals surface area contributed by atoms with Gasteiger partial charge in [-0.25, -0.2) is 9.78 Å². The maximum absolute atomic E-state index is 12.5. The van der Waals surface area contributed by atoms with Crippen LogP contribution in [0.4, 0.5) is 0 Å². The monoisotopic (exact) mass is 422 g/mol. The van der Waals surface area contributed by atoms with Gasteiger partial charge in [0.2, 0.25) is 5.91 Å². The molecule has 0 bridgehead atoms. The second kappa shape index (κ2) is 10.4. The SMILES string of the molecule is COC(=O)C(NC(=O)C=Cc1ccccc1OCc1csc(C)n1)c1ccccc1. The number of carbonyl (C=O) groups excluding carboxylic acids is 2. The van der Waals surface area contributed by atoms with E-state index in [-0.39, 0.29) is 0 Å².